The third-order valence-electron chi connectivity index (χ3n) is 3.65. The fourth-order valence-electron chi connectivity index (χ4n) is 2.52. The molecule has 0 spiro atoms. The van der Waals surface area contributed by atoms with E-state index in [2.05, 4.69) is 10.2 Å². The Bertz CT molecular complexity index is 754. The van der Waals surface area contributed by atoms with Crippen LogP contribution in [-0.4, -0.2) is 36.0 Å². The third-order valence-corrected chi connectivity index (χ3v) is 3.65. The van der Waals surface area contributed by atoms with Crippen LogP contribution in [0.25, 0.3) is 0 Å². The second kappa shape index (κ2) is 7.75. The molecule has 0 saturated heterocycles. The van der Waals surface area contributed by atoms with Crippen LogP contribution in [0.3, 0.4) is 0 Å². The summed E-state index contributed by atoms with van der Waals surface area (Å²) in [4.78, 5) is 25.3. The molecule has 5 nitrogen and oxygen atoms in total. The Hall–Kier alpha value is -2.66. The molecule has 0 unspecified atom stereocenters. The van der Waals surface area contributed by atoms with Crippen molar-refractivity contribution in [2.75, 3.05) is 19.4 Å². The van der Waals surface area contributed by atoms with Crippen LogP contribution in [0.1, 0.15) is 27.0 Å². The molecule has 2 N–H and O–H groups in total. The monoisotopic (exact) mass is 326 g/mol. The van der Waals surface area contributed by atoms with E-state index in [-0.39, 0.29) is 17.9 Å². The van der Waals surface area contributed by atoms with Gasteiger partial charge in [0.15, 0.2) is 0 Å². The lowest BCUT2D eigenvalue weighted by Gasteiger charge is -2.12. The number of hydrogen-bond acceptors (Lipinski definition) is 3. The zero-order valence-electron chi connectivity index (χ0n) is 14.2. The second-order valence-corrected chi connectivity index (χ2v) is 6.11. The number of amides is 1. The summed E-state index contributed by atoms with van der Waals surface area (Å²) in [7, 11) is 3.99. The van der Waals surface area contributed by atoms with Gasteiger partial charge in [-0.2, -0.15) is 0 Å². The van der Waals surface area contributed by atoms with Crippen molar-refractivity contribution in [3.63, 3.8) is 0 Å². The van der Waals surface area contributed by atoms with Crippen molar-refractivity contribution in [1.82, 2.24) is 4.90 Å². The number of hydrogen-bond donors (Lipinski definition) is 2. The van der Waals surface area contributed by atoms with Gasteiger partial charge in [-0.25, -0.2) is 4.79 Å². The Morgan fingerprint density at radius 3 is 2.50 bits per heavy atom. The van der Waals surface area contributed by atoms with E-state index in [1.165, 1.54) is 6.07 Å². The zero-order valence-corrected chi connectivity index (χ0v) is 14.2. The van der Waals surface area contributed by atoms with Gasteiger partial charge in [0.25, 0.3) is 0 Å². The van der Waals surface area contributed by atoms with E-state index in [0.29, 0.717) is 0 Å². The summed E-state index contributed by atoms with van der Waals surface area (Å²) in [5, 5.41) is 11.9. The van der Waals surface area contributed by atoms with Gasteiger partial charge in [0.2, 0.25) is 5.91 Å². The molecule has 126 valence electrons. The Balaban J connectivity index is 2.04. The molecule has 5 heteroatoms. The first-order chi connectivity index (χ1) is 11.3. The van der Waals surface area contributed by atoms with Crippen LogP contribution < -0.4 is 5.32 Å². The van der Waals surface area contributed by atoms with Crippen molar-refractivity contribution in [2.24, 2.45) is 0 Å². The Morgan fingerprint density at radius 1 is 1.12 bits per heavy atom. The van der Waals surface area contributed by atoms with Crippen LogP contribution >= 0.6 is 0 Å². The van der Waals surface area contributed by atoms with Gasteiger partial charge in [-0.15, -0.1) is 0 Å². The van der Waals surface area contributed by atoms with Crippen LogP contribution in [0.2, 0.25) is 0 Å². The number of carbonyl (C=O) groups is 2. The van der Waals surface area contributed by atoms with E-state index >= 15 is 0 Å². The van der Waals surface area contributed by atoms with Gasteiger partial charge in [0.05, 0.1) is 12.0 Å². The molecule has 0 saturated carbocycles. The van der Waals surface area contributed by atoms with Crippen molar-refractivity contribution >= 4 is 17.6 Å². The Morgan fingerprint density at radius 2 is 1.88 bits per heavy atom. The minimum atomic E-state index is -0.966. The molecule has 24 heavy (non-hydrogen) atoms. The maximum Gasteiger partial charge on any atom is 0.335 e. The maximum absolute atomic E-state index is 12.2. The molecule has 2 rings (SSSR count). The number of aryl methyl sites for hydroxylation is 1. The van der Waals surface area contributed by atoms with E-state index in [1.54, 1.807) is 12.1 Å². The number of nitrogens with one attached hydrogen (secondary N) is 1. The molecule has 0 aromatic heterocycles. The number of nitrogens with zero attached hydrogens (tertiary/aromatic N) is 1. The summed E-state index contributed by atoms with van der Waals surface area (Å²) in [5.41, 5.74) is 3.74. The van der Waals surface area contributed by atoms with E-state index in [9.17, 15) is 9.59 Å². The van der Waals surface area contributed by atoms with Gasteiger partial charge in [0, 0.05) is 12.2 Å². The Labute approximate surface area is 141 Å². The molecule has 0 bridgehead atoms. The highest BCUT2D eigenvalue weighted by Gasteiger charge is 2.10. The van der Waals surface area contributed by atoms with Gasteiger partial charge >= 0.3 is 5.97 Å². The van der Waals surface area contributed by atoms with Crippen LogP contribution in [-0.2, 0) is 17.8 Å². The third kappa shape index (κ3) is 4.93. The van der Waals surface area contributed by atoms with E-state index < -0.39 is 5.97 Å². The number of carbonyl (C=O) groups excluding carboxylic acids is 1. The first kappa shape index (κ1) is 17.7. The smallest absolute Gasteiger partial charge is 0.335 e. The van der Waals surface area contributed by atoms with Gasteiger partial charge < -0.3 is 15.3 Å². The molecular weight excluding hydrogens is 304 g/mol. The standard InChI is InChI=1S/C19H22N2O3/c1-13-9-16(19(23)24)8-7-15(13)11-18(22)20-17-6-4-5-14(10-17)12-21(2)3/h4-10H,11-12H2,1-3H3,(H,20,22)(H,23,24). The van der Waals surface area contributed by atoms with Gasteiger partial charge in [-0.3, -0.25) is 4.79 Å². The van der Waals surface area contributed by atoms with Gasteiger partial charge in [-0.1, -0.05) is 18.2 Å². The number of anilines is 1. The molecular formula is C19H22N2O3. The minimum Gasteiger partial charge on any atom is -0.478 e. The number of rotatable bonds is 6. The predicted molar refractivity (Wildman–Crippen MR) is 94.3 cm³/mol. The van der Waals surface area contributed by atoms with Gasteiger partial charge in [-0.05, 0) is 62.0 Å². The maximum atomic E-state index is 12.2. The van der Waals surface area contributed by atoms with E-state index in [0.717, 1.165) is 28.9 Å². The SMILES string of the molecule is Cc1cc(C(=O)O)ccc1CC(=O)Nc1cccc(CN(C)C)c1. The number of benzene rings is 2. The molecule has 0 fully saturated rings. The highest BCUT2D eigenvalue weighted by molar-refractivity contribution is 5.93. The highest BCUT2D eigenvalue weighted by atomic mass is 16.4. The summed E-state index contributed by atoms with van der Waals surface area (Å²) >= 11 is 0. The predicted octanol–water partition coefficient (Wildman–Crippen LogP) is 2.94. The molecule has 0 aliphatic heterocycles. The second-order valence-electron chi connectivity index (χ2n) is 6.11. The number of carboxylic acid groups (broad SMARTS) is 1. The molecule has 1 amide bonds. The van der Waals surface area contributed by atoms with Crippen LogP contribution in [0.4, 0.5) is 5.69 Å². The fourth-order valence-corrected chi connectivity index (χ4v) is 2.52. The number of aromatic carboxylic acids is 1. The molecule has 0 atom stereocenters. The van der Waals surface area contributed by atoms with Crippen molar-refractivity contribution in [1.29, 1.82) is 0 Å². The quantitative estimate of drug-likeness (QED) is 0.856. The summed E-state index contributed by atoms with van der Waals surface area (Å²) in [6.07, 6.45) is 0.212. The van der Waals surface area contributed by atoms with Crippen molar-refractivity contribution in [3.8, 4) is 0 Å². The Kier molecular flexibility index (Phi) is 5.71. The van der Waals surface area contributed by atoms with Crippen molar-refractivity contribution in [2.45, 2.75) is 19.9 Å². The molecule has 0 aliphatic carbocycles. The molecule has 0 aliphatic rings. The van der Waals surface area contributed by atoms with Crippen LogP contribution in [0, 0.1) is 6.92 Å². The van der Waals surface area contributed by atoms with Gasteiger partial charge in [0.1, 0.15) is 0 Å². The van der Waals surface area contributed by atoms with Crippen LogP contribution in [0.5, 0.6) is 0 Å². The molecule has 0 heterocycles. The lowest BCUT2D eigenvalue weighted by Crippen LogP contribution is -2.16. The summed E-state index contributed by atoms with van der Waals surface area (Å²) in [6.45, 7) is 2.62. The summed E-state index contributed by atoms with van der Waals surface area (Å²) in [5.74, 6) is -1.09. The first-order valence-electron chi connectivity index (χ1n) is 7.71. The van der Waals surface area contributed by atoms with Crippen molar-refractivity contribution in [3.05, 3.63) is 64.7 Å². The lowest BCUT2D eigenvalue weighted by atomic mass is 10.0. The fraction of sp³-hybridized carbons (Fsp3) is 0.263. The average molecular weight is 326 g/mol. The van der Waals surface area contributed by atoms with Crippen LogP contribution in [0.15, 0.2) is 42.5 Å². The summed E-state index contributed by atoms with van der Waals surface area (Å²) < 4.78 is 0. The topological polar surface area (TPSA) is 69.6 Å². The molecule has 0 radical (unpaired) electrons. The largest absolute Gasteiger partial charge is 0.478 e. The summed E-state index contributed by atoms with van der Waals surface area (Å²) in [6, 6.07) is 12.6. The number of carboxylic acids is 1. The normalized spacial score (nSPS) is 10.7. The zero-order chi connectivity index (χ0) is 17.7. The first-order valence-corrected chi connectivity index (χ1v) is 7.71. The lowest BCUT2D eigenvalue weighted by molar-refractivity contribution is -0.115. The van der Waals surface area contributed by atoms with Crippen molar-refractivity contribution < 1.29 is 14.7 Å². The average Bonchev–Trinajstić information content (AvgIpc) is 2.48. The molecule has 2 aromatic rings. The minimum absolute atomic E-state index is 0.122. The van der Waals surface area contributed by atoms with E-state index in [4.69, 9.17) is 5.11 Å². The molecule has 2 aromatic carbocycles. The van der Waals surface area contributed by atoms with E-state index in [1.807, 2.05) is 45.3 Å². The highest BCUT2D eigenvalue weighted by Crippen LogP contribution is 2.15.